The average Bonchev–Trinajstić information content (AvgIpc) is 2.88. The van der Waals surface area contributed by atoms with E-state index in [1.54, 1.807) is 6.92 Å². The van der Waals surface area contributed by atoms with Crippen molar-refractivity contribution in [2.45, 2.75) is 33.9 Å². The molecule has 1 heterocycles. The Morgan fingerprint density at radius 1 is 1.27 bits per heavy atom. The van der Waals surface area contributed by atoms with E-state index in [4.69, 9.17) is 4.52 Å². The molecule has 0 fully saturated rings. The van der Waals surface area contributed by atoms with Crippen molar-refractivity contribution in [3.8, 4) is 0 Å². The summed E-state index contributed by atoms with van der Waals surface area (Å²) < 4.78 is 4.94. The van der Waals surface area contributed by atoms with Gasteiger partial charge >= 0.3 is 0 Å². The summed E-state index contributed by atoms with van der Waals surface area (Å²) in [5.74, 6) is 1.92. The van der Waals surface area contributed by atoms with Gasteiger partial charge in [-0.2, -0.15) is 4.98 Å². The number of rotatable bonds is 5. The molecule has 2 aromatic rings. The Labute approximate surface area is 147 Å². The summed E-state index contributed by atoms with van der Waals surface area (Å²) in [4.78, 5) is 8.70. The van der Waals surface area contributed by atoms with Gasteiger partial charge in [0, 0.05) is 13.5 Å². The van der Waals surface area contributed by atoms with E-state index in [2.05, 4.69) is 50.9 Å². The smallest absolute Gasteiger partial charge is 0.223 e. The molecule has 0 spiro atoms. The van der Waals surface area contributed by atoms with E-state index in [-0.39, 0.29) is 24.0 Å². The first-order chi connectivity index (χ1) is 10.2. The number of aromatic nitrogens is 2. The second-order valence-electron chi connectivity index (χ2n) is 4.77. The largest absolute Gasteiger partial charge is 0.357 e. The first-order valence-electron chi connectivity index (χ1n) is 7.04. The number of hydrogen-bond donors (Lipinski definition) is 2. The van der Waals surface area contributed by atoms with Gasteiger partial charge in [-0.25, -0.2) is 4.99 Å². The summed E-state index contributed by atoms with van der Waals surface area (Å²) in [5, 5.41) is 10.2. The molecule has 0 aliphatic rings. The molecular formula is C15H22IN5O. The fraction of sp³-hybridized carbons (Fsp3) is 0.400. The number of hydrogen-bond acceptors (Lipinski definition) is 4. The van der Waals surface area contributed by atoms with Gasteiger partial charge in [-0.1, -0.05) is 35.0 Å². The lowest BCUT2D eigenvalue weighted by atomic mass is 10.1. The van der Waals surface area contributed by atoms with E-state index in [1.165, 1.54) is 11.1 Å². The number of nitrogens with zero attached hydrogens (tertiary/aromatic N) is 3. The van der Waals surface area contributed by atoms with Crippen molar-refractivity contribution in [1.82, 2.24) is 20.8 Å². The number of halogens is 1. The van der Waals surface area contributed by atoms with Crippen molar-refractivity contribution >= 4 is 29.9 Å². The van der Waals surface area contributed by atoms with Crippen molar-refractivity contribution in [2.24, 2.45) is 4.99 Å². The van der Waals surface area contributed by atoms with Gasteiger partial charge < -0.3 is 15.2 Å². The minimum atomic E-state index is 0. The molecule has 2 N–H and O–H groups in total. The second-order valence-corrected chi connectivity index (χ2v) is 4.77. The Balaban J connectivity index is 0.00000242. The lowest BCUT2D eigenvalue weighted by Gasteiger charge is -2.09. The zero-order chi connectivity index (χ0) is 15.1. The lowest BCUT2D eigenvalue weighted by Crippen LogP contribution is -2.37. The molecule has 0 atom stereocenters. The first-order valence-corrected chi connectivity index (χ1v) is 7.04. The van der Waals surface area contributed by atoms with Crippen molar-refractivity contribution < 1.29 is 4.52 Å². The highest BCUT2D eigenvalue weighted by Crippen LogP contribution is 2.05. The van der Waals surface area contributed by atoms with Crippen LogP contribution in [0, 0.1) is 13.8 Å². The van der Waals surface area contributed by atoms with Gasteiger partial charge in [-0.05, 0) is 19.4 Å². The predicted octanol–water partition coefficient (Wildman–Crippen LogP) is 2.56. The summed E-state index contributed by atoms with van der Waals surface area (Å²) in [6, 6.07) is 8.33. The molecule has 7 heteroatoms. The Hall–Kier alpha value is -1.64. The number of aryl methyl sites for hydroxylation is 2. The predicted molar refractivity (Wildman–Crippen MR) is 97.3 cm³/mol. The fourth-order valence-corrected chi connectivity index (χ4v) is 1.90. The summed E-state index contributed by atoms with van der Waals surface area (Å²) in [7, 11) is 0. The molecule has 1 aromatic carbocycles. The molecule has 0 amide bonds. The van der Waals surface area contributed by atoms with Gasteiger partial charge in [0.2, 0.25) is 5.89 Å². The Morgan fingerprint density at radius 3 is 2.73 bits per heavy atom. The summed E-state index contributed by atoms with van der Waals surface area (Å²) in [6.45, 7) is 7.79. The molecule has 0 bridgehead atoms. The van der Waals surface area contributed by atoms with Crippen LogP contribution in [0.5, 0.6) is 0 Å². The molecule has 1 aromatic heterocycles. The highest BCUT2D eigenvalue weighted by molar-refractivity contribution is 14.0. The van der Waals surface area contributed by atoms with E-state index in [1.807, 2.05) is 13.0 Å². The van der Waals surface area contributed by atoms with Crippen molar-refractivity contribution in [2.75, 3.05) is 6.54 Å². The van der Waals surface area contributed by atoms with Crippen LogP contribution in [-0.4, -0.2) is 22.6 Å². The van der Waals surface area contributed by atoms with Gasteiger partial charge in [0.1, 0.15) is 0 Å². The van der Waals surface area contributed by atoms with Gasteiger partial charge in [0.15, 0.2) is 11.8 Å². The highest BCUT2D eigenvalue weighted by atomic mass is 127. The van der Waals surface area contributed by atoms with Crippen molar-refractivity contribution in [1.29, 1.82) is 0 Å². The Kier molecular flexibility index (Phi) is 7.86. The molecule has 0 aliphatic carbocycles. The van der Waals surface area contributed by atoms with Crippen LogP contribution >= 0.6 is 24.0 Å². The molecule has 22 heavy (non-hydrogen) atoms. The zero-order valence-corrected chi connectivity index (χ0v) is 15.4. The maximum Gasteiger partial charge on any atom is 0.223 e. The summed E-state index contributed by atoms with van der Waals surface area (Å²) in [5.41, 5.74) is 2.42. The molecule has 0 saturated carbocycles. The molecule has 0 radical (unpaired) electrons. The molecule has 0 saturated heterocycles. The topological polar surface area (TPSA) is 75.3 Å². The SMILES string of the molecule is CCNC(=NCc1cccc(C)c1)NCc1noc(C)n1.I. The Bertz CT molecular complexity index is 611. The molecular weight excluding hydrogens is 393 g/mol. The van der Waals surface area contributed by atoms with Crippen LogP contribution in [0.15, 0.2) is 33.8 Å². The van der Waals surface area contributed by atoms with Gasteiger partial charge in [0.25, 0.3) is 0 Å². The quantitative estimate of drug-likeness (QED) is 0.446. The van der Waals surface area contributed by atoms with Crippen LogP contribution in [0.2, 0.25) is 0 Å². The van der Waals surface area contributed by atoms with E-state index in [0.29, 0.717) is 24.8 Å². The van der Waals surface area contributed by atoms with Crippen LogP contribution in [0.1, 0.15) is 29.8 Å². The van der Waals surface area contributed by atoms with E-state index in [9.17, 15) is 0 Å². The number of nitrogens with one attached hydrogen (secondary N) is 2. The van der Waals surface area contributed by atoms with Gasteiger partial charge in [-0.15, -0.1) is 24.0 Å². The Morgan fingerprint density at radius 2 is 2.09 bits per heavy atom. The van der Waals surface area contributed by atoms with E-state index < -0.39 is 0 Å². The van der Waals surface area contributed by atoms with E-state index in [0.717, 1.165) is 12.5 Å². The third-order valence-corrected chi connectivity index (χ3v) is 2.83. The van der Waals surface area contributed by atoms with Crippen molar-refractivity contribution in [3.05, 3.63) is 47.1 Å². The summed E-state index contributed by atoms with van der Waals surface area (Å²) >= 11 is 0. The van der Waals surface area contributed by atoms with Gasteiger partial charge in [-0.3, -0.25) is 0 Å². The average molecular weight is 415 g/mol. The third kappa shape index (κ3) is 6.00. The van der Waals surface area contributed by atoms with Gasteiger partial charge in [0.05, 0.1) is 13.1 Å². The van der Waals surface area contributed by atoms with E-state index >= 15 is 0 Å². The normalized spacial score (nSPS) is 11.0. The maximum absolute atomic E-state index is 4.94. The highest BCUT2D eigenvalue weighted by Gasteiger charge is 2.03. The maximum atomic E-state index is 4.94. The molecule has 0 aliphatic heterocycles. The van der Waals surface area contributed by atoms with Crippen LogP contribution in [0.4, 0.5) is 0 Å². The molecule has 120 valence electrons. The lowest BCUT2D eigenvalue weighted by molar-refractivity contribution is 0.387. The number of aliphatic imine (C=N–C) groups is 1. The monoisotopic (exact) mass is 415 g/mol. The standard InChI is InChI=1S/C15H21N5O.HI/c1-4-16-15(18-10-14-19-12(3)21-20-14)17-9-13-7-5-6-11(2)8-13;/h5-8H,4,9-10H2,1-3H3,(H2,16,17,18);1H. The molecule has 0 unspecified atom stereocenters. The first kappa shape index (κ1) is 18.4. The van der Waals surface area contributed by atoms with Crippen LogP contribution in [-0.2, 0) is 13.1 Å². The third-order valence-electron chi connectivity index (χ3n) is 2.83. The minimum absolute atomic E-state index is 0. The van der Waals surface area contributed by atoms with Crippen LogP contribution < -0.4 is 10.6 Å². The minimum Gasteiger partial charge on any atom is -0.357 e. The fourth-order valence-electron chi connectivity index (χ4n) is 1.90. The number of benzene rings is 1. The molecule has 2 rings (SSSR count). The van der Waals surface area contributed by atoms with Crippen LogP contribution in [0.3, 0.4) is 0 Å². The number of guanidine groups is 1. The summed E-state index contributed by atoms with van der Waals surface area (Å²) in [6.07, 6.45) is 0. The second kappa shape index (κ2) is 9.39. The van der Waals surface area contributed by atoms with Crippen LogP contribution in [0.25, 0.3) is 0 Å². The zero-order valence-electron chi connectivity index (χ0n) is 13.1. The molecule has 6 nitrogen and oxygen atoms in total. The van der Waals surface area contributed by atoms with Crippen molar-refractivity contribution in [3.63, 3.8) is 0 Å².